The third-order valence-corrected chi connectivity index (χ3v) is 4.37. The van der Waals surface area contributed by atoms with Gasteiger partial charge in [-0.3, -0.25) is 0 Å². The van der Waals surface area contributed by atoms with Crippen LogP contribution in [0.4, 0.5) is 4.39 Å². The van der Waals surface area contributed by atoms with Crippen LogP contribution >= 0.6 is 11.6 Å². The second-order valence-corrected chi connectivity index (χ2v) is 6.26. The number of nitrogens with two attached hydrogens (primary N) is 1. The maximum absolute atomic E-state index is 13.9. The fraction of sp³-hybridized carbons (Fsp3) is 0.143. The summed E-state index contributed by atoms with van der Waals surface area (Å²) in [6.45, 7) is 0.485. The standard InChI is InChI=1S/C21H19ClFNO/c22-19-10-5-11-20(23)18(19)13-21(24)16-8-4-9-17(12-16)25-14-15-6-2-1-3-7-15/h1-12,21H,13-14,24H2. The fourth-order valence-electron chi connectivity index (χ4n) is 2.64. The molecule has 2 nitrogen and oxygen atoms in total. The predicted octanol–water partition coefficient (Wildman–Crippen LogP) is 5.30. The van der Waals surface area contributed by atoms with Crippen LogP contribution in [0.5, 0.6) is 5.75 Å². The SMILES string of the molecule is NC(Cc1c(F)cccc1Cl)c1cccc(OCc2ccccc2)c1. The Labute approximate surface area is 152 Å². The number of benzene rings is 3. The van der Waals surface area contributed by atoms with Gasteiger partial charge in [0.1, 0.15) is 18.2 Å². The number of rotatable bonds is 6. The molecule has 0 aliphatic heterocycles. The minimum absolute atomic E-state index is 0.327. The lowest BCUT2D eigenvalue weighted by Crippen LogP contribution is -2.14. The molecule has 0 spiro atoms. The van der Waals surface area contributed by atoms with E-state index in [1.165, 1.54) is 6.07 Å². The lowest BCUT2D eigenvalue weighted by atomic mass is 9.99. The lowest BCUT2D eigenvalue weighted by Gasteiger charge is -2.15. The Morgan fingerprint density at radius 2 is 1.72 bits per heavy atom. The van der Waals surface area contributed by atoms with E-state index in [4.69, 9.17) is 22.1 Å². The van der Waals surface area contributed by atoms with E-state index >= 15 is 0 Å². The maximum atomic E-state index is 13.9. The van der Waals surface area contributed by atoms with Crippen LogP contribution in [0, 0.1) is 5.82 Å². The Morgan fingerprint density at radius 1 is 0.960 bits per heavy atom. The summed E-state index contributed by atoms with van der Waals surface area (Å²) in [5.74, 6) is 0.399. The molecule has 0 aliphatic carbocycles. The molecular formula is C21H19ClFNO. The Morgan fingerprint density at radius 3 is 2.48 bits per heavy atom. The lowest BCUT2D eigenvalue weighted by molar-refractivity contribution is 0.305. The number of halogens is 2. The van der Waals surface area contributed by atoms with Gasteiger partial charge in [0.15, 0.2) is 0 Å². The summed E-state index contributed by atoms with van der Waals surface area (Å²) < 4.78 is 19.8. The van der Waals surface area contributed by atoms with Crippen LogP contribution in [0.2, 0.25) is 5.02 Å². The summed E-state index contributed by atoms with van der Waals surface area (Å²) in [4.78, 5) is 0. The van der Waals surface area contributed by atoms with Crippen LogP contribution in [-0.2, 0) is 13.0 Å². The molecule has 3 aromatic rings. The zero-order valence-corrected chi connectivity index (χ0v) is 14.4. The minimum Gasteiger partial charge on any atom is -0.489 e. The molecule has 0 amide bonds. The smallest absolute Gasteiger partial charge is 0.127 e. The molecule has 0 fully saturated rings. The fourth-order valence-corrected chi connectivity index (χ4v) is 2.88. The maximum Gasteiger partial charge on any atom is 0.127 e. The van der Waals surface area contributed by atoms with Gasteiger partial charge in [-0.15, -0.1) is 0 Å². The van der Waals surface area contributed by atoms with Crippen molar-refractivity contribution >= 4 is 11.6 Å². The number of hydrogen-bond acceptors (Lipinski definition) is 2. The highest BCUT2D eigenvalue weighted by Gasteiger charge is 2.14. The average molecular weight is 356 g/mol. The van der Waals surface area contributed by atoms with Gasteiger partial charge in [-0.05, 0) is 41.8 Å². The minimum atomic E-state index is -0.366. The van der Waals surface area contributed by atoms with Crippen molar-refractivity contribution in [2.45, 2.75) is 19.1 Å². The molecule has 0 heterocycles. The molecule has 3 aromatic carbocycles. The van der Waals surface area contributed by atoms with E-state index < -0.39 is 0 Å². The molecular weight excluding hydrogens is 337 g/mol. The summed E-state index contributed by atoms with van der Waals surface area (Å²) >= 11 is 6.09. The first-order chi connectivity index (χ1) is 12.1. The molecule has 0 radical (unpaired) electrons. The van der Waals surface area contributed by atoms with Crippen molar-refractivity contribution < 1.29 is 9.13 Å². The molecule has 128 valence electrons. The summed E-state index contributed by atoms with van der Waals surface area (Å²) in [6.07, 6.45) is 0.327. The van der Waals surface area contributed by atoms with Crippen LogP contribution in [0.3, 0.4) is 0 Å². The van der Waals surface area contributed by atoms with Gasteiger partial charge in [-0.1, -0.05) is 60.1 Å². The Balaban J connectivity index is 1.70. The normalized spacial score (nSPS) is 12.0. The van der Waals surface area contributed by atoms with Crippen molar-refractivity contribution in [2.75, 3.05) is 0 Å². The van der Waals surface area contributed by atoms with Gasteiger partial charge < -0.3 is 10.5 Å². The van der Waals surface area contributed by atoms with Gasteiger partial charge in [0.2, 0.25) is 0 Å². The van der Waals surface area contributed by atoms with Crippen LogP contribution in [-0.4, -0.2) is 0 Å². The highest BCUT2D eigenvalue weighted by atomic mass is 35.5. The molecule has 1 unspecified atom stereocenters. The van der Waals surface area contributed by atoms with Crippen LogP contribution in [0.1, 0.15) is 22.7 Å². The Bertz CT molecular complexity index is 818. The third-order valence-electron chi connectivity index (χ3n) is 4.02. The van der Waals surface area contributed by atoms with Gasteiger partial charge in [-0.2, -0.15) is 0 Å². The van der Waals surface area contributed by atoms with E-state index in [1.807, 2.05) is 54.6 Å². The van der Waals surface area contributed by atoms with E-state index in [0.717, 1.165) is 16.9 Å². The monoisotopic (exact) mass is 355 g/mol. The van der Waals surface area contributed by atoms with Crippen molar-refractivity contribution in [3.8, 4) is 5.75 Å². The van der Waals surface area contributed by atoms with Gasteiger partial charge in [0.25, 0.3) is 0 Å². The number of hydrogen-bond donors (Lipinski definition) is 1. The molecule has 0 aromatic heterocycles. The third kappa shape index (κ3) is 4.59. The zero-order chi connectivity index (χ0) is 17.6. The Hall–Kier alpha value is -2.36. The van der Waals surface area contributed by atoms with Gasteiger partial charge >= 0.3 is 0 Å². The van der Waals surface area contributed by atoms with E-state index in [1.54, 1.807) is 12.1 Å². The summed E-state index contributed by atoms with van der Waals surface area (Å²) in [6, 6.07) is 21.8. The first-order valence-corrected chi connectivity index (χ1v) is 8.46. The first kappa shape index (κ1) is 17.5. The second-order valence-electron chi connectivity index (χ2n) is 5.86. The zero-order valence-electron chi connectivity index (χ0n) is 13.7. The van der Waals surface area contributed by atoms with Crippen LogP contribution in [0.25, 0.3) is 0 Å². The van der Waals surface area contributed by atoms with Gasteiger partial charge in [0, 0.05) is 16.6 Å². The first-order valence-electron chi connectivity index (χ1n) is 8.08. The summed E-state index contributed by atoms with van der Waals surface area (Å²) in [5, 5.41) is 0.395. The molecule has 0 saturated heterocycles. The molecule has 0 aliphatic rings. The number of ether oxygens (including phenoxy) is 1. The van der Waals surface area contributed by atoms with Crippen molar-refractivity contribution in [2.24, 2.45) is 5.73 Å². The van der Waals surface area contributed by atoms with E-state index in [9.17, 15) is 4.39 Å². The largest absolute Gasteiger partial charge is 0.489 e. The van der Waals surface area contributed by atoms with Crippen LogP contribution in [0.15, 0.2) is 72.8 Å². The van der Waals surface area contributed by atoms with Gasteiger partial charge in [0.05, 0.1) is 0 Å². The van der Waals surface area contributed by atoms with Crippen molar-refractivity contribution in [3.63, 3.8) is 0 Å². The van der Waals surface area contributed by atoms with Crippen molar-refractivity contribution in [3.05, 3.63) is 100 Å². The molecule has 0 saturated carbocycles. The van der Waals surface area contributed by atoms with Crippen molar-refractivity contribution in [1.82, 2.24) is 0 Å². The summed E-state index contributed by atoms with van der Waals surface area (Å²) in [5.41, 5.74) is 8.67. The van der Waals surface area contributed by atoms with E-state index in [0.29, 0.717) is 23.6 Å². The quantitative estimate of drug-likeness (QED) is 0.651. The van der Waals surface area contributed by atoms with Crippen molar-refractivity contribution in [1.29, 1.82) is 0 Å². The van der Waals surface area contributed by atoms with E-state index in [2.05, 4.69) is 0 Å². The second kappa shape index (κ2) is 8.15. The molecule has 3 rings (SSSR count). The van der Waals surface area contributed by atoms with Crippen LogP contribution < -0.4 is 10.5 Å². The molecule has 4 heteroatoms. The summed E-state index contributed by atoms with van der Waals surface area (Å²) in [7, 11) is 0. The molecule has 0 bridgehead atoms. The highest BCUT2D eigenvalue weighted by Crippen LogP contribution is 2.26. The Kier molecular flexibility index (Phi) is 5.69. The molecule has 1 atom stereocenters. The highest BCUT2D eigenvalue weighted by molar-refractivity contribution is 6.31. The molecule has 2 N–H and O–H groups in total. The molecule has 25 heavy (non-hydrogen) atoms. The predicted molar refractivity (Wildman–Crippen MR) is 99.3 cm³/mol. The van der Waals surface area contributed by atoms with Gasteiger partial charge in [-0.25, -0.2) is 4.39 Å². The topological polar surface area (TPSA) is 35.2 Å². The van der Waals surface area contributed by atoms with E-state index in [-0.39, 0.29) is 11.9 Å². The average Bonchev–Trinajstić information content (AvgIpc) is 2.64.